The van der Waals surface area contributed by atoms with Gasteiger partial charge in [-0.05, 0) is 36.1 Å². The first-order valence-electron chi connectivity index (χ1n) is 8.07. The van der Waals surface area contributed by atoms with Gasteiger partial charge in [0.2, 0.25) is 0 Å². The van der Waals surface area contributed by atoms with Gasteiger partial charge in [-0.15, -0.1) is 0 Å². The Hall–Kier alpha value is -2.34. The van der Waals surface area contributed by atoms with Gasteiger partial charge in [-0.25, -0.2) is 4.79 Å². The molecule has 0 bridgehead atoms. The summed E-state index contributed by atoms with van der Waals surface area (Å²) in [6.07, 6.45) is 0.180. The third-order valence-electron chi connectivity index (χ3n) is 4.30. The van der Waals surface area contributed by atoms with E-state index in [0.717, 1.165) is 5.69 Å². The zero-order valence-electron chi connectivity index (χ0n) is 14.7. The van der Waals surface area contributed by atoms with Crippen molar-refractivity contribution in [3.8, 4) is 0 Å². The highest BCUT2D eigenvalue weighted by molar-refractivity contribution is 6.30. The van der Waals surface area contributed by atoms with Gasteiger partial charge in [0, 0.05) is 17.8 Å². The zero-order valence-corrected chi connectivity index (χ0v) is 15.5. The minimum absolute atomic E-state index is 0.180. The van der Waals surface area contributed by atoms with Crippen molar-refractivity contribution in [3.05, 3.63) is 52.3 Å². The molecule has 1 unspecified atom stereocenters. The Balaban J connectivity index is 2.40. The molecule has 0 aliphatic rings. The Bertz CT molecular complexity index is 783. The predicted octanol–water partition coefficient (Wildman–Crippen LogP) is 3.32. The first kappa shape index (κ1) is 19.0. The molecule has 2 rings (SSSR count). The molecule has 6 nitrogen and oxygen atoms in total. The summed E-state index contributed by atoms with van der Waals surface area (Å²) in [6, 6.07) is 8.11. The maximum atomic E-state index is 12.7. The van der Waals surface area contributed by atoms with Gasteiger partial charge in [0.05, 0.1) is 0 Å². The number of rotatable bonds is 6. The SMILES string of the molecule is CCC(NC(=O)c1cc(C(C)C)n(C)n1)(C(=O)O)c1ccc(Cl)cc1. The summed E-state index contributed by atoms with van der Waals surface area (Å²) in [5.41, 5.74) is 0.00514. The standard InChI is InChI=1S/C18H22ClN3O3/c1-5-18(17(24)25,12-6-8-13(19)9-7-12)20-16(23)14-10-15(11(2)3)22(4)21-14/h6-11H,5H2,1-4H3,(H,20,23)(H,24,25). The van der Waals surface area contributed by atoms with E-state index >= 15 is 0 Å². The third-order valence-corrected chi connectivity index (χ3v) is 4.55. The molecule has 0 spiro atoms. The van der Waals surface area contributed by atoms with Gasteiger partial charge < -0.3 is 10.4 Å². The number of nitrogens with one attached hydrogen (secondary N) is 1. The second-order valence-corrected chi connectivity index (χ2v) is 6.69. The number of nitrogens with zero attached hydrogens (tertiary/aromatic N) is 2. The lowest BCUT2D eigenvalue weighted by Gasteiger charge is -2.29. The number of carbonyl (C=O) groups is 2. The van der Waals surface area contributed by atoms with Crippen LogP contribution in [0.5, 0.6) is 0 Å². The maximum absolute atomic E-state index is 12.7. The lowest BCUT2D eigenvalue weighted by atomic mass is 9.87. The monoisotopic (exact) mass is 363 g/mol. The van der Waals surface area contributed by atoms with Crippen molar-refractivity contribution >= 4 is 23.5 Å². The molecule has 1 aromatic carbocycles. The third kappa shape index (κ3) is 3.69. The minimum Gasteiger partial charge on any atom is -0.479 e. The molecule has 0 aliphatic carbocycles. The van der Waals surface area contributed by atoms with Crippen LogP contribution in [0.1, 0.15) is 54.9 Å². The summed E-state index contributed by atoms with van der Waals surface area (Å²) >= 11 is 5.89. The number of hydrogen-bond acceptors (Lipinski definition) is 3. The van der Waals surface area contributed by atoms with Crippen molar-refractivity contribution < 1.29 is 14.7 Å². The van der Waals surface area contributed by atoms with Crippen LogP contribution in [0.15, 0.2) is 30.3 Å². The van der Waals surface area contributed by atoms with E-state index in [4.69, 9.17) is 11.6 Å². The number of carboxylic acids is 1. The Morgan fingerprint density at radius 1 is 1.32 bits per heavy atom. The fraction of sp³-hybridized carbons (Fsp3) is 0.389. The number of benzene rings is 1. The summed E-state index contributed by atoms with van der Waals surface area (Å²) in [6.45, 7) is 5.71. The number of aryl methyl sites for hydroxylation is 1. The molecular weight excluding hydrogens is 342 g/mol. The van der Waals surface area contributed by atoms with Crippen LogP contribution in [-0.4, -0.2) is 26.8 Å². The van der Waals surface area contributed by atoms with Crippen LogP contribution in [0.25, 0.3) is 0 Å². The molecule has 1 aromatic heterocycles. The summed E-state index contributed by atoms with van der Waals surface area (Å²) < 4.78 is 1.64. The first-order chi connectivity index (χ1) is 11.7. The van der Waals surface area contributed by atoms with Crippen molar-refractivity contribution in [3.63, 3.8) is 0 Å². The minimum atomic E-state index is -1.54. The average molecular weight is 364 g/mol. The van der Waals surface area contributed by atoms with Crippen LogP contribution < -0.4 is 5.32 Å². The summed E-state index contributed by atoms with van der Waals surface area (Å²) in [7, 11) is 1.76. The molecule has 1 amide bonds. The largest absolute Gasteiger partial charge is 0.479 e. The topological polar surface area (TPSA) is 84.2 Å². The Kier molecular flexibility index (Phi) is 5.52. The normalized spacial score (nSPS) is 13.5. The van der Waals surface area contributed by atoms with Crippen molar-refractivity contribution in [2.24, 2.45) is 7.05 Å². The number of carboxylic acid groups (broad SMARTS) is 1. The van der Waals surface area contributed by atoms with Gasteiger partial charge in [0.1, 0.15) is 5.69 Å². The van der Waals surface area contributed by atoms with Gasteiger partial charge in [0.15, 0.2) is 5.54 Å². The van der Waals surface area contributed by atoms with E-state index < -0.39 is 17.4 Å². The second kappa shape index (κ2) is 7.27. The van der Waals surface area contributed by atoms with E-state index in [2.05, 4.69) is 10.4 Å². The van der Waals surface area contributed by atoms with Crippen LogP contribution >= 0.6 is 11.6 Å². The number of halogens is 1. The quantitative estimate of drug-likeness (QED) is 0.824. The molecule has 0 aliphatic heterocycles. The molecule has 1 heterocycles. The number of aromatic nitrogens is 2. The van der Waals surface area contributed by atoms with Gasteiger partial charge in [0.25, 0.3) is 5.91 Å². The van der Waals surface area contributed by atoms with E-state index in [9.17, 15) is 14.7 Å². The summed E-state index contributed by atoms with van der Waals surface area (Å²) in [5.74, 6) is -1.46. The van der Waals surface area contributed by atoms with Gasteiger partial charge in [-0.1, -0.05) is 44.5 Å². The van der Waals surface area contributed by atoms with Crippen LogP contribution in [0.3, 0.4) is 0 Å². The van der Waals surface area contributed by atoms with Gasteiger partial charge in [-0.2, -0.15) is 5.10 Å². The fourth-order valence-electron chi connectivity index (χ4n) is 2.82. The summed E-state index contributed by atoms with van der Waals surface area (Å²) in [5, 5.41) is 17.2. The Morgan fingerprint density at radius 2 is 1.92 bits per heavy atom. The first-order valence-corrected chi connectivity index (χ1v) is 8.45. The van der Waals surface area contributed by atoms with E-state index in [0.29, 0.717) is 10.6 Å². The Labute approximate surface area is 151 Å². The van der Waals surface area contributed by atoms with Crippen molar-refractivity contribution in [1.82, 2.24) is 15.1 Å². The smallest absolute Gasteiger partial charge is 0.334 e. The molecule has 25 heavy (non-hydrogen) atoms. The Morgan fingerprint density at radius 3 is 2.36 bits per heavy atom. The summed E-state index contributed by atoms with van der Waals surface area (Å²) in [4.78, 5) is 24.7. The van der Waals surface area contributed by atoms with Crippen LogP contribution in [0, 0.1) is 0 Å². The number of aliphatic carboxylic acids is 1. The van der Waals surface area contributed by atoms with Crippen LogP contribution in [0.2, 0.25) is 5.02 Å². The molecule has 134 valence electrons. The van der Waals surface area contributed by atoms with Crippen molar-refractivity contribution in [2.75, 3.05) is 0 Å². The molecule has 7 heteroatoms. The molecule has 0 radical (unpaired) electrons. The highest BCUT2D eigenvalue weighted by Gasteiger charge is 2.41. The van der Waals surface area contributed by atoms with Crippen LogP contribution in [0.4, 0.5) is 0 Å². The van der Waals surface area contributed by atoms with E-state index in [1.165, 1.54) is 0 Å². The highest BCUT2D eigenvalue weighted by atomic mass is 35.5. The van der Waals surface area contributed by atoms with E-state index in [-0.39, 0.29) is 18.0 Å². The lowest BCUT2D eigenvalue weighted by Crippen LogP contribution is -2.51. The van der Waals surface area contributed by atoms with Gasteiger partial charge in [-0.3, -0.25) is 9.48 Å². The fourth-order valence-corrected chi connectivity index (χ4v) is 2.94. The second-order valence-electron chi connectivity index (χ2n) is 6.26. The van der Waals surface area contributed by atoms with Crippen LogP contribution in [-0.2, 0) is 17.4 Å². The molecule has 0 saturated heterocycles. The number of carbonyl (C=O) groups excluding carboxylic acids is 1. The molecule has 1 atom stereocenters. The van der Waals surface area contributed by atoms with Crippen molar-refractivity contribution in [1.29, 1.82) is 0 Å². The predicted molar refractivity (Wildman–Crippen MR) is 95.8 cm³/mol. The molecule has 0 saturated carbocycles. The molecular formula is C18H22ClN3O3. The average Bonchev–Trinajstić information content (AvgIpc) is 2.95. The zero-order chi connectivity index (χ0) is 18.8. The number of hydrogen-bond donors (Lipinski definition) is 2. The lowest BCUT2D eigenvalue weighted by molar-refractivity contribution is -0.145. The van der Waals surface area contributed by atoms with Crippen molar-refractivity contribution in [2.45, 2.75) is 38.6 Å². The molecule has 2 aromatic rings. The number of amides is 1. The van der Waals surface area contributed by atoms with E-state index in [1.807, 2.05) is 13.8 Å². The maximum Gasteiger partial charge on any atom is 0.334 e. The molecule has 0 fully saturated rings. The molecule has 2 N–H and O–H groups in total. The van der Waals surface area contributed by atoms with E-state index in [1.54, 1.807) is 49.0 Å². The van der Waals surface area contributed by atoms with Gasteiger partial charge >= 0.3 is 5.97 Å². The highest BCUT2D eigenvalue weighted by Crippen LogP contribution is 2.27.